The summed E-state index contributed by atoms with van der Waals surface area (Å²) in [4.78, 5) is 0. The molecule has 1 nitrogen and oxygen atoms in total. The second kappa shape index (κ2) is 7.26. The quantitative estimate of drug-likeness (QED) is 0.285. The minimum absolute atomic E-state index is 1.09. The predicted octanol–water partition coefficient (Wildman–Crippen LogP) is 5.00. The Kier molecular flexibility index (Phi) is 4.25. The maximum Gasteiger partial charge on any atom is 0.154 e. The van der Waals surface area contributed by atoms with Crippen LogP contribution in [0.15, 0.2) is 115 Å². The molecule has 0 N–H and O–H groups in total. The molecule has 5 aromatic carbocycles. The second-order valence-electron chi connectivity index (χ2n) is 8.08. The first-order chi connectivity index (χ1) is 15.3. The fourth-order valence-electron chi connectivity index (χ4n) is 4.85. The van der Waals surface area contributed by atoms with Crippen LogP contribution in [0, 0.1) is 0 Å². The molecule has 0 atom stereocenters. The van der Waals surface area contributed by atoms with Gasteiger partial charge in [0, 0.05) is 28.9 Å². The molecule has 1 heterocycles. The third kappa shape index (κ3) is 2.91. The molecule has 31 heavy (non-hydrogen) atoms. The van der Waals surface area contributed by atoms with Gasteiger partial charge in [0.2, 0.25) is 0 Å². The summed E-state index contributed by atoms with van der Waals surface area (Å²) >= 11 is 0. The first kappa shape index (κ1) is 18.2. The van der Waals surface area contributed by atoms with Crippen molar-refractivity contribution in [3.05, 3.63) is 115 Å². The van der Waals surface area contributed by atoms with Crippen molar-refractivity contribution in [1.29, 1.82) is 0 Å². The van der Waals surface area contributed by atoms with Gasteiger partial charge >= 0.3 is 0 Å². The molecule has 1 radical (unpaired) electrons. The number of rotatable bonds is 3. The van der Waals surface area contributed by atoms with Gasteiger partial charge in [0.1, 0.15) is 0 Å². The highest BCUT2D eigenvalue weighted by atomic mass is 28.3. The average molecular weight is 413 g/mol. The molecule has 1 aromatic heterocycles. The predicted molar refractivity (Wildman–Crippen MR) is 135 cm³/mol. The maximum atomic E-state index is 2.46. The van der Waals surface area contributed by atoms with E-state index in [2.05, 4.69) is 127 Å². The molecule has 6 rings (SSSR count). The topological polar surface area (TPSA) is 4.93 Å². The Hall–Kier alpha value is -3.62. The van der Waals surface area contributed by atoms with E-state index in [4.69, 9.17) is 0 Å². The number of aromatic nitrogens is 1. The highest BCUT2D eigenvalue weighted by Gasteiger charge is 2.21. The highest BCUT2D eigenvalue weighted by molar-refractivity contribution is 6.95. The average Bonchev–Trinajstić information content (AvgIpc) is 3.12. The maximum absolute atomic E-state index is 2.46. The lowest BCUT2D eigenvalue weighted by atomic mass is 10.0. The van der Waals surface area contributed by atoms with Crippen LogP contribution in [-0.2, 0) is 7.05 Å². The first-order valence-corrected chi connectivity index (χ1v) is 12.2. The van der Waals surface area contributed by atoms with Crippen LogP contribution in [0.4, 0.5) is 0 Å². The summed E-state index contributed by atoms with van der Waals surface area (Å²) in [6, 6.07) is 42.3. The fourth-order valence-corrected chi connectivity index (χ4v) is 7.44. The van der Waals surface area contributed by atoms with Gasteiger partial charge in [0.15, 0.2) is 8.80 Å². The van der Waals surface area contributed by atoms with E-state index in [1.807, 2.05) is 0 Å². The third-order valence-electron chi connectivity index (χ3n) is 6.31. The van der Waals surface area contributed by atoms with Crippen molar-refractivity contribution in [2.45, 2.75) is 0 Å². The third-order valence-corrected chi connectivity index (χ3v) is 9.02. The largest absolute Gasteiger partial charge is 0.344 e. The van der Waals surface area contributed by atoms with Crippen molar-refractivity contribution in [2.24, 2.45) is 7.05 Å². The Labute approximate surface area is 183 Å². The van der Waals surface area contributed by atoms with Gasteiger partial charge in [-0.3, -0.25) is 0 Å². The summed E-state index contributed by atoms with van der Waals surface area (Å²) in [6.45, 7) is 0. The van der Waals surface area contributed by atoms with E-state index < -0.39 is 8.80 Å². The van der Waals surface area contributed by atoms with Gasteiger partial charge in [-0.25, -0.2) is 0 Å². The van der Waals surface area contributed by atoms with E-state index in [-0.39, 0.29) is 0 Å². The van der Waals surface area contributed by atoms with E-state index in [1.165, 1.54) is 48.1 Å². The number of aryl methyl sites for hydroxylation is 1. The van der Waals surface area contributed by atoms with Crippen LogP contribution >= 0.6 is 0 Å². The lowest BCUT2D eigenvalue weighted by Gasteiger charge is -2.17. The van der Waals surface area contributed by atoms with E-state index in [0.29, 0.717) is 0 Å². The van der Waals surface area contributed by atoms with Crippen molar-refractivity contribution in [3.8, 4) is 0 Å². The van der Waals surface area contributed by atoms with E-state index in [0.717, 1.165) is 0 Å². The molecule has 0 fully saturated rings. The van der Waals surface area contributed by atoms with Crippen molar-refractivity contribution in [1.82, 2.24) is 4.57 Å². The Bertz CT molecular complexity index is 1490. The Balaban J connectivity index is 1.67. The van der Waals surface area contributed by atoms with Crippen LogP contribution in [0.3, 0.4) is 0 Å². The van der Waals surface area contributed by atoms with Gasteiger partial charge in [-0.1, -0.05) is 114 Å². The van der Waals surface area contributed by atoms with Crippen LogP contribution in [0.1, 0.15) is 0 Å². The first-order valence-electron chi connectivity index (χ1n) is 10.7. The minimum Gasteiger partial charge on any atom is -0.344 e. The van der Waals surface area contributed by atoms with Crippen LogP contribution in [-0.4, -0.2) is 13.4 Å². The summed E-state index contributed by atoms with van der Waals surface area (Å²) in [7, 11) is 1.09. The number of hydrogen-bond acceptors (Lipinski definition) is 0. The monoisotopic (exact) mass is 412 g/mol. The van der Waals surface area contributed by atoms with Crippen LogP contribution in [0.2, 0.25) is 0 Å². The summed E-state index contributed by atoms with van der Waals surface area (Å²) in [5.74, 6) is 0. The number of nitrogens with zero attached hydrogens (tertiary/aromatic N) is 1. The van der Waals surface area contributed by atoms with E-state index in [9.17, 15) is 0 Å². The van der Waals surface area contributed by atoms with Crippen molar-refractivity contribution < 1.29 is 0 Å². The molecule has 0 spiro atoms. The smallest absolute Gasteiger partial charge is 0.154 e. The molecule has 0 aliphatic heterocycles. The number of benzene rings is 5. The Morgan fingerprint density at radius 2 is 1.13 bits per heavy atom. The number of fused-ring (bicyclic) bond motifs is 5. The zero-order chi connectivity index (χ0) is 20.8. The molecular formula is C29H22NSi. The zero-order valence-corrected chi connectivity index (χ0v) is 18.4. The molecule has 0 bridgehead atoms. The zero-order valence-electron chi connectivity index (χ0n) is 17.4. The second-order valence-corrected chi connectivity index (χ2v) is 10.6. The van der Waals surface area contributed by atoms with Gasteiger partial charge in [0.25, 0.3) is 0 Å². The molecule has 0 amide bonds. The summed E-state index contributed by atoms with van der Waals surface area (Å²) in [5, 5.41) is 9.60. The van der Waals surface area contributed by atoms with Gasteiger partial charge in [0.05, 0.1) is 0 Å². The van der Waals surface area contributed by atoms with Gasteiger partial charge in [-0.15, -0.1) is 0 Å². The van der Waals surface area contributed by atoms with Crippen molar-refractivity contribution >= 4 is 56.9 Å². The lowest BCUT2D eigenvalue weighted by molar-refractivity contribution is 1.01. The van der Waals surface area contributed by atoms with Crippen LogP contribution in [0.25, 0.3) is 32.6 Å². The fraction of sp³-hybridized carbons (Fsp3) is 0.0345. The van der Waals surface area contributed by atoms with Crippen LogP contribution < -0.4 is 15.6 Å². The molecule has 0 saturated heterocycles. The number of hydrogen-bond donors (Lipinski definition) is 0. The van der Waals surface area contributed by atoms with Crippen molar-refractivity contribution in [2.75, 3.05) is 0 Å². The molecule has 0 unspecified atom stereocenters. The van der Waals surface area contributed by atoms with Gasteiger partial charge in [-0.2, -0.15) is 0 Å². The van der Waals surface area contributed by atoms with E-state index >= 15 is 0 Å². The minimum atomic E-state index is -1.09. The standard InChI is InChI=1S/C29H22NSi/c1-30-27-19-17-24(31(22-11-4-2-5-12-22)23-13-6-3-7-14-23)20-26(27)29-25-15-9-8-10-21(25)16-18-28(29)30/h2-20H,1H3. The molecule has 0 saturated carbocycles. The molecule has 0 aliphatic carbocycles. The van der Waals surface area contributed by atoms with Crippen molar-refractivity contribution in [3.63, 3.8) is 0 Å². The lowest BCUT2D eigenvalue weighted by Crippen LogP contribution is -2.51. The van der Waals surface area contributed by atoms with Gasteiger partial charge in [-0.05, 0) is 28.1 Å². The summed E-state index contributed by atoms with van der Waals surface area (Å²) in [5.41, 5.74) is 2.58. The van der Waals surface area contributed by atoms with Gasteiger partial charge < -0.3 is 4.57 Å². The summed E-state index contributed by atoms with van der Waals surface area (Å²) < 4.78 is 2.33. The molecular weight excluding hydrogens is 390 g/mol. The normalized spacial score (nSPS) is 11.7. The van der Waals surface area contributed by atoms with Crippen LogP contribution in [0.5, 0.6) is 0 Å². The Morgan fingerprint density at radius 1 is 0.516 bits per heavy atom. The molecule has 2 heteroatoms. The molecule has 0 aliphatic rings. The van der Waals surface area contributed by atoms with E-state index in [1.54, 1.807) is 0 Å². The SMILES string of the molecule is Cn1c2ccc([Si](c3ccccc3)c3ccccc3)cc2c2c3ccccc3ccc21. The Morgan fingerprint density at radius 3 is 1.84 bits per heavy atom. The molecule has 6 aromatic rings. The highest BCUT2D eigenvalue weighted by Crippen LogP contribution is 2.33. The molecule has 147 valence electrons. The summed E-state index contributed by atoms with van der Waals surface area (Å²) in [6.07, 6.45) is 0.